The minimum atomic E-state index is 0.275. The highest BCUT2D eigenvalue weighted by Crippen LogP contribution is 2.23. The third-order valence-electron chi connectivity index (χ3n) is 2.91. The van der Waals surface area contributed by atoms with Gasteiger partial charge >= 0.3 is 0 Å². The van der Waals surface area contributed by atoms with E-state index in [4.69, 9.17) is 0 Å². The van der Waals surface area contributed by atoms with Crippen LogP contribution in [0.5, 0.6) is 0 Å². The summed E-state index contributed by atoms with van der Waals surface area (Å²) in [5.74, 6) is 1.10. The number of nitrogens with one attached hydrogen (secondary N) is 1. The smallest absolute Gasteiger partial charge is 0.223 e. The zero-order valence-electron chi connectivity index (χ0n) is 8.10. The molecule has 70 valence electrons. The van der Waals surface area contributed by atoms with Crippen molar-refractivity contribution in [3.05, 3.63) is 0 Å². The van der Waals surface area contributed by atoms with Crippen molar-refractivity contribution < 1.29 is 4.79 Å². The van der Waals surface area contributed by atoms with Gasteiger partial charge < -0.3 is 5.32 Å². The van der Waals surface area contributed by atoms with Crippen LogP contribution in [0.15, 0.2) is 0 Å². The Hall–Kier alpha value is -0.530. The van der Waals surface area contributed by atoms with Crippen molar-refractivity contribution in [2.24, 2.45) is 11.8 Å². The Kier molecular flexibility index (Phi) is 3.57. The molecule has 0 aromatic rings. The third-order valence-corrected chi connectivity index (χ3v) is 2.91. The quantitative estimate of drug-likeness (QED) is 0.672. The van der Waals surface area contributed by atoms with Gasteiger partial charge in [0.1, 0.15) is 0 Å². The predicted molar refractivity (Wildman–Crippen MR) is 49.8 cm³/mol. The fraction of sp³-hybridized carbons (Fsp3) is 0.900. The summed E-state index contributed by atoms with van der Waals surface area (Å²) < 4.78 is 0. The second-order valence-electron chi connectivity index (χ2n) is 3.78. The Labute approximate surface area is 74.7 Å². The zero-order chi connectivity index (χ0) is 8.97. The van der Waals surface area contributed by atoms with Gasteiger partial charge in [0, 0.05) is 12.5 Å². The van der Waals surface area contributed by atoms with E-state index in [0.717, 1.165) is 25.8 Å². The monoisotopic (exact) mass is 169 g/mol. The number of carbonyl (C=O) groups excluding carboxylic acids is 1. The Bertz CT molecular complexity index is 156. The molecule has 0 saturated carbocycles. The van der Waals surface area contributed by atoms with Gasteiger partial charge in [0.05, 0.1) is 0 Å². The van der Waals surface area contributed by atoms with E-state index >= 15 is 0 Å². The van der Waals surface area contributed by atoms with E-state index in [1.165, 1.54) is 6.42 Å². The van der Waals surface area contributed by atoms with E-state index in [1.54, 1.807) is 0 Å². The van der Waals surface area contributed by atoms with Crippen molar-refractivity contribution in [2.75, 3.05) is 6.54 Å². The van der Waals surface area contributed by atoms with E-state index < -0.39 is 0 Å². The average Bonchev–Trinajstić information content (AvgIpc) is 2.28. The van der Waals surface area contributed by atoms with Crippen LogP contribution in [0.4, 0.5) is 0 Å². The van der Waals surface area contributed by atoms with E-state index in [0.29, 0.717) is 5.92 Å². The summed E-state index contributed by atoms with van der Waals surface area (Å²) >= 11 is 0. The fourth-order valence-electron chi connectivity index (χ4n) is 1.79. The SMILES string of the molecule is CCC(C)C1CCCCNC1=O. The molecule has 1 fully saturated rings. The average molecular weight is 169 g/mol. The molecule has 0 aliphatic carbocycles. The first-order valence-corrected chi connectivity index (χ1v) is 5.03. The van der Waals surface area contributed by atoms with E-state index in [1.807, 2.05) is 0 Å². The topological polar surface area (TPSA) is 29.1 Å². The molecule has 1 rings (SSSR count). The Morgan fingerprint density at radius 1 is 1.58 bits per heavy atom. The molecule has 1 aliphatic rings. The van der Waals surface area contributed by atoms with Crippen LogP contribution in [0.2, 0.25) is 0 Å². The summed E-state index contributed by atoms with van der Waals surface area (Å²) in [6, 6.07) is 0. The molecule has 0 aromatic heterocycles. The van der Waals surface area contributed by atoms with E-state index in [-0.39, 0.29) is 11.8 Å². The van der Waals surface area contributed by atoms with Gasteiger partial charge in [0.15, 0.2) is 0 Å². The molecule has 2 unspecified atom stereocenters. The van der Waals surface area contributed by atoms with Gasteiger partial charge in [-0.25, -0.2) is 0 Å². The maximum Gasteiger partial charge on any atom is 0.223 e. The van der Waals surface area contributed by atoms with Gasteiger partial charge in [-0.05, 0) is 18.8 Å². The molecule has 0 aromatic carbocycles. The molecule has 1 aliphatic heterocycles. The molecule has 2 heteroatoms. The molecule has 0 spiro atoms. The molecule has 2 nitrogen and oxygen atoms in total. The summed E-state index contributed by atoms with van der Waals surface area (Å²) in [5.41, 5.74) is 0. The van der Waals surface area contributed by atoms with Crippen molar-refractivity contribution in [3.63, 3.8) is 0 Å². The van der Waals surface area contributed by atoms with Crippen LogP contribution >= 0.6 is 0 Å². The van der Waals surface area contributed by atoms with Crippen molar-refractivity contribution in [1.82, 2.24) is 5.32 Å². The normalized spacial score (nSPS) is 27.5. The van der Waals surface area contributed by atoms with E-state index in [2.05, 4.69) is 19.2 Å². The first-order chi connectivity index (χ1) is 5.75. The van der Waals surface area contributed by atoms with E-state index in [9.17, 15) is 4.79 Å². The molecule has 0 radical (unpaired) electrons. The number of carbonyl (C=O) groups is 1. The lowest BCUT2D eigenvalue weighted by molar-refractivity contribution is -0.126. The van der Waals surface area contributed by atoms with Gasteiger partial charge in [0.25, 0.3) is 0 Å². The van der Waals surface area contributed by atoms with Gasteiger partial charge in [-0.2, -0.15) is 0 Å². The lowest BCUT2D eigenvalue weighted by Gasteiger charge is -2.19. The van der Waals surface area contributed by atoms with Crippen LogP contribution in [0, 0.1) is 11.8 Å². The Morgan fingerprint density at radius 3 is 3.00 bits per heavy atom. The molecule has 1 saturated heterocycles. The van der Waals surface area contributed by atoms with Gasteiger partial charge in [0.2, 0.25) is 5.91 Å². The van der Waals surface area contributed by atoms with Gasteiger partial charge in [-0.3, -0.25) is 4.79 Å². The number of hydrogen-bond donors (Lipinski definition) is 1. The largest absolute Gasteiger partial charge is 0.356 e. The lowest BCUT2D eigenvalue weighted by Crippen LogP contribution is -2.32. The second kappa shape index (κ2) is 4.48. The molecule has 2 atom stereocenters. The first-order valence-electron chi connectivity index (χ1n) is 5.03. The molecule has 1 heterocycles. The molecular formula is C10H19NO. The number of amides is 1. The van der Waals surface area contributed by atoms with Crippen LogP contribution in [0.3, 0.4) is 0 Å². The molecule has 0 bridgehead atoms. The third kappa shape index (κ3) is 2.23. The van der Waals surface area contributed by atoms with Crippen LogP contribution in [-0.2, 0) is 4.79 Å². The highest BCUT2D eigenvalue weighted by Gasteiger charge is 2.24. The molecule has 1 N–H and O–H groups in total. The minimum absolute atomic E-state index is 0.275. The summed E-state index contributed by atoms with van der Waals surface area (Å²) in [5, 5.41) is 2.97. The maximum absolute atomic E-state index is 11.5. The van der Waals surface area contributed by atoms with Gasteiger partial charge in [-0.1, -0.05) is 26.7 Å². The summed E-state index contributed by atoms with van der Waals surface area (Å²) in [6.45, 7) is 5.21. The summed E-state index contributed by atoms with van der Waals surface area (Å²) in [4.78, 5) is 11.5. The lowest BCUT2D eigenvalue weighted by atomic mass is 9.87. The van der Waals surface area contributed by atoms with Crippen LogP contribution in [0.1, 0.15) is 39.5 Å². The fourth-order valence-corrected chi connectivity index (χ4v) is 1.79. The zero-order valence-corrected chi connectivity index (χ0v) is 8.10. The standard InChI is InChI=1S/C10H19NO/c1-3-8(2)9-6-4-5-7-11-10(9)12/h8-9H,3-7H2,1-2H3,(H,11,12). The maximum atomic E-state index is 11.5. The van der Waals surface area contributed by atoms with Crippen molar-refractivity contribution >= 4 is 5.91 Å². The number of rotatable bonds is 2. The van der Waals surface area contributed by atoms with Crippen LogP contribution in [0.25, 0.3) is 0 Å². The summed E-state index contributed by atoms with van der Waals surface area (Å²) in [6.07, 6.45) is 4.55. The highest BCUT2D eigenvalue weighted by molar-refractivity contribution is 5.79. The number of hydrogen-bond acceptors (Lipinski definition) is 1. The molecule has 12 heavy (non-hydrogen) atoms. The Morgan fingerprint density at radius 2 is 2.33 bits per heavy atom. The first kappa shape index (κ1) is 9.56. The Balaban J connectivity index is 2.52. The molecular weight excluding hydrogens is 150 g/mol. The second-order valence-corrected chi connectivity index (χ2v) is 3.78. The predicted octanol–water partition coefficient (Wildman–Crippen LogP) is 1.95. The van der Waals surface area contributed by atoms with Crippen molar-refractivity contribution in [2.45, 2.75) is 39.5 Å². The van der Waals surface area contributed by atoms with Crippen molar-refractivity contribution in [1.29, 1.82) is 0 Å². The van der Waals surface area contributed by atoms with Crippen LogP contribution < -0.4 is 5.32 Å². The van der Waals surface area contributed by atoms with Crippen molar-refractivity contribution in [3.8, 4) is 0 Å². The van der Waals surface area contributed by atoms with Gasteiger partial charge in [-0.15, -0.1) is 0 Å². The van der Waals surface area contributed by atoms with Crippen LogP contribution in [-0.4, -0.2) is 12.5 Å². The molecule has 1 amide bonds. The minimum Gasteiger partial charge on any atom is -0.356 e. The summed E-state index contributed by atoms with van der Waals surface area (Å²) in [7, 11) is 0. The highest BCUT2D eigenvalue weighted by atomic mass is 16.1.